The highest BCUT2D eigenvalue weighted by molar-refractivity contribution is 5.78. The van der Waals surface area contributed by atoms with Crippen molar-refractivity contribution < 1.29 is 14.3 Å². The molecule has 0 spiro atoms. The minimum Gasteiger partial charge on any atom is -0.483 e. The number of carbonyl (C=O) groups is 1. The van der Waals surface area contributed by atoms with Gasteiger partial charge in [0.05, 0.1) is 5.60 Å². The van der Waals surface area contributed by atoms with Gasteiger partial charge < -0.3 is 20.1 Å². The summed E-state index contributed by atoms with van der Waals surface area (Å²) in [5.41, 5.74) is 6.32. The number of ether oxygens (including phenoxy) is 2. The largest absolute Gasteiger partial charge is 0.483 e. The van der Waals surface area contributed by atoms with E-state index < -0.39 is 0 Å². The van der Waals surface area contributed by atoms with Crippen molar-refractivity contribution in [1.29, 1.82) is 0 Å². The number of nitrogens with zero attached hydrogens (tertiary/aromatic N) is 1. The molecular formula is C16H24N2O3. The molecule has 1 amide bonds. The van der Waals surface area contributed by atoms with E-state index in [1.165, 1.54) is 0 Å². The van der Waals surface area contributed by atoms with Gasteiger partial charge in [-0.05, 0) is 25.8 Å². The first-order valence-corrected chi connectivity index (χ1v) is 7.32. The first kappa shape index (κ1) is 15.8. The summed E-state index contributed by atoms with van der Waals surface area (Å²) in [6, 6.07) is 7.53. The normalized spacial score (nSPS) is 22.1. The average Bonchev–Trinajstić information content (AvgIpc) is 2.53. The SMILES string of the molecule is COC1(C)CCCN(C(=O)COc2ccccc2CN)C1. The monoisotopic (exact) mass is 292 g/mol. The predicted molar refractivity (Wildman–Crippen MR) is 81.1 cm³/mol. The highest BCUT2D eigenvalue weighted by Gasteiger charge is 2.33. The molecule has 1 saturated heterocycles. The van der Waals surface area contributed by atoms with Crippen LogP contribution in [0.2, 0.25) is 0 Å². The molecule has 2 N–H and O–H groups in total. The predicted octanol–water partition coefficient (Wildman–Crippen LogP) is 1.55. The highest BCUT2D eigenvalue weighted by atomic mass is 16.5. The number of carbonyl (C=O) groups excluding carboxylic acids is 1. The molecule has 0 bridgehead atoms. The van der Waals surface area contributed by atoms with Gasteiger partial charge in [0.25, 0.3) is 5.91 Å². The standard InChI is InChI=1S/C16H24N2O3/c1-16(20-2)8-5-9-18(12-16)15(19)11-21-14-7-4-3-6-13(14)10-17/h3-4,6-7H,5,8-12,17H2,1-2H3. The number of rotatable bonds is 5. The van der Waals surface area contributed by atoms with Crippen molar-refractivity contribution in [3.8, 4) is 5.75 Å². The first-order chi connectivity index (χ1) is 10.1. The number of methoxy groups -OCH3 is 1. The molecule has 2 rings (SSSR count). The van der Waals surface area contributed by atoms with Gasteiger partial charge >= 0.3 is 0 Å². The zero-order valence-electron chi connectivity index (χ0n) is 12.8. The van der Waals surface area contributed by atoms with Crippen LogP contribution in [0.4, 0.5) is 0 Å². The number of benzene rings is 1. The van der Waals surface area contributed by atoms with Crippen LogP contribution in [-0.4, -0.2) is 43.2 Å². The Labute approximate surface area is 126 Å². The van der Waals surface area contributed by atoms with Crippen molar-refractivity contribution in [2.45, 2.75) is 31.9 Å². The van der Waals surface area contributed by atoms with Crippen LogP contribution in [0.5, 0.6) is 5.75 Å². The van der Waals surface area contributed by atoms with E-state index in [2.05, 4.69) is 0 Å². The lowest BCUT2D eigenvalue weighted by Gasteiger charge is -2.39. The molecule has 21 heavy (non-hydrogen) atoms. The molecule has 1 unspecified atom stereocenters. The number of nitrogens with two attached hydrogens (primary N) is 1. The summed E-state index contributed by atoms with van der Waals surface area (Å²) < 4.78 is 11.1. The van der Waals surface area contributed by atoms with E-state index >= 15 is 0 Å². The van der Waals surface area contributed by atoms with Crippen LogP contribution >= 0.6 is 0 Å². The van der Waals surface area contributed by atoms with Crippen LogP contribution in [0.15, 0.2) is 24.3 Å². The Morgan fingerprint density at radius 2 is 2.19 bits per heavy atom. The fraction of sp³-hybridized carbons (Fsp3) is 0.562. The number of likely N-dealkylation sites (tertiary alicyclic amines) is 1. The Morgan fingerprint density at radius 1 is 1.43 bits per heavy atom. The number of hydrogen-bond donors (Lipinski definition) is 1. The van der Waals surface area contributed by atoms with E-state index in [0.29, 0.717) is 18.8 Å². The lowest BCUT2D eigenvalue weighted by atomic mass is 9.95. The van der Waals surface area contributed by atoms with Crippen LogP contribution in [0.1, 0.15) is 25.3 Å². The summed E-state index contributed by atoms with van der Waals surface area (Å²) in [5, 5.41) is 0. The van der Waals surface area contributed by atoms with Crippen LogP contribution in [0.25, 0.3) is 0 Å². The molecule has 116 valence electrons. The molecule has 1 fully saturated rings. The molecule has 1 aliphatic rings. The second kappa shape index (κ2) is 6.91. The fourth-order valence-electron chi connectivity index (χ4n) is 2.63. The lowest BCUT2D eigenvalue weighted by molar-refractivity contribution is -0.141. The maximum atomic E-state index is 12.3. The number of hydrogen-bond acceptors (Lipinski definition) is 4. The third-order valence-corrected chi connectivity index (χ3v) is 4.05. The third-order valence-electron chi connectivity index (χ3n) is 4.05. The van der Waals surface area contributed by atoms with Gasteiger partial charge in [0, 0.05) is 32.3 Å². The Hall–Kier alpha value is -1.59. The molecule has 1 aliphatic heterocycles. The summed E-state index contributed by atoms with van der Waals surface area (Å²) in [6.45, 7) is 3.85. The van der Waals surface area contributed by atoms with E-state index in [0.717, 1.165) is 24.9 Å². The van der Waals surface area contributed by atoms with Crippen molar-refractivity contribution in [1.82, 2.24) is 4.90 Å². The fourth-order valence-corrected chi connectivity index (χ4v) is 2.63. The van der Waals surface area contributed by atoms with Gasteiger partial charge in [0.1, 0.15) is 5.75 Å². The first-order valence-electron chi connectivity index (χ1n) is 7.32. The van der Waals surface area contributed by atoms with Gasteiger partial charge in [0.2, 0.25) is 0 Å². The summed E-state index contributed by atoms with van der Waals surface area (Å²) in [7, 11) is 1.70. The minimum atomic E-state index is -0.247. The average molecular weight is 292 g/mol. The van der Waals surface area contributed by atoms with Crippen LogP contribution < -0.4 is 10.5 Å². The summed E-state index contributed by atoms with van der Waals surface area (Å²) >= 11 is 0. The Balaban J connectivity index is 1.92. The Morgan fingerprint density at radius 3 is 2.90 bits per heavy atom. The summed E-state index contributed by atoms with van der Waals surface area (Å²) in [6.07, 6.45) is 1.93. The number of amides is 1. The molecule has 5 nitrogen and oxygen atoms in total. The zero-order valence-corrected chi connectivity index (χ0v) is 12.8. The van der Waals surface area contributed by atoms with E-state index in [-0.39, 0.29) is 18.1 Å². The van der Waals surface area contributed by atoms with Gasteiger partial charge in [0.15, 0.2) is 6.61 Å². The molecule has 1 aromatic carbocycles. The molecule has 0 aliphatic carbocycles. The van der Waals surface area contributed by atoms with Crippen LogP contribution in [0, 0.1) is 0 Å². The second-order valence-electron chi connectivity index (χ2n) is 5.67. The van der Waals surface area contributed by atoms with Gasteiger partial charge in [-0.15, -0.1) is 0 Å². The number of piperidine rings is 1. The van der Waals surface area contributed by atoms with Crippen molar-refractivity contribution in [3.63, 3.8) is 0 Å². The van der Waals surface area contributed by atoms with E-state index in [1.807, 2.05) is 36.1 Å². The van der Waals surface area contributed by atoms with Crippen LogP contribution in [-0.2, 0) is 16.1 Å². The highest BCUT2D eigenvalue weighted by Crippen LogP contribution is 2.24. The third kappa shape index (κ3) is 3.95. The molecule has 0 aromatic heterocycles. The molecule has 0 saturated carbocycles. The lowest BCUT2D eigenvalue weighted by Crippen LogP contribution is -2.50. The van der Waals surface area contributed by atoms with Crippen LogP contribution in [0.3, 0.4) is 0 Å². The van der Waals surface area contributed by atoms with E-state index in [4.69, 9.17) is 15.2 Å². The molecule has 5 heteroatoms. The van der Waals surface area contributed by atoms with Gasteiger partial charge in [-0.25, -0.2) is 0 Å². The summed E-state index contributed by atoms with van der Waals surface area (Å²) in [4.78, 5) is 14.1. The number of para-hydroxylation sites is 1. The van der Waals surface area contributed by atoms with E-state index in [9.17, 15) is 4.79 Å². The topological polar surface area (TPSA) is 64.8 Å². The Bertz CT molecular complexity index is 492. The quantitative estimate of drug-likeness (QED) is 0.894. The van der Waals surface area contributed by atoms with Crippen molar-refractivity contribution in [2.24, 2.45) is 5.73 Å². The van der Waals surface area contributed by atoms with Gasteiger partial charge in [-0.1, -0.05) is 18.2 Å². The molecule has 0 radical (unpaired) electrons. The van der Waals surface area contributed by atoms with Gasteiger partial charge in [-0.2, -0.15) is 0 Å². The molecular weight excluding hydrogens is 268 g/mol. The summed E-state index contributed by atoms with van der Waals surface area (Å²) in [5.74, 6) is 0.671. The van der Waals surface area contributed by atoms with Crippen molar-refractivity contribution in [3.05, 3.63) is 29.8 Å². The molecule has 1 atom stereocenters. The van der Waals surface area contributed by atoms with Crippen molar-refractivity contribution >= 4 is 5.91 Å². The smallest absolute Gasteiger partial charge is 0.260 e. The maximum Gasteiger partial charge on any atom is 0.260 e. The van der Waals surface area contributed by atoms with E-state index in [1.54, 1.807) is 7.11 Å². The second-order valence-corrected chi connectivity index (χ2v) is 5.67. The molecule has 1 heterocycles. The Kier molecular flexibility index (Phi) is 5.20. The minimum absolute atomic E-state index is 0.00944. The molecule has 1 aromatic rings. The van der Waals surface area contributed by atoms with Gasteiger partial charge in [-0.3, -0.25) is 4.79 Å². The zero-order chi connectivity index (χ0) is 15.3. The van der Waals surface area contributed by atoms with Crippen molar-refractivity contribution in [2.75, 3.05) is 26.8 Å². The maximum absolute atomic E-state index is 12.3.